The standard InChI is InChI=1S/C23H15ClFNO2S2/c24-17-8-5-9-18(13-17)26-22(27)21(30-23(26)29)12-15-6-2-4-11-20(15)28-14-16-7-1-3-10-19(16)25/h1-13H,14H2/b21-12+. The van der Waals surface area contributed by atoms with E-state index in [2.05, 4.69) is 0 Å². The van der Waals surface area contributed by atoms with Crippen LogP contribution in [0.2, 0.25) is 5.02 Å². The molecule has 0 aliphatic carbocycles. The molecule has 3 aromatic rings. The first-order chi connectivity index (χ1) is 14.5. The summed E-state index contributed by atoms with van der Waals surface area (Å²) >= 11 is 12.7. The SMILES string of the molecule is O=C1/C(=C\c2ccccc2OCc2ccccc2F)SC(=S)N1c1cccc(Cl)c1. The molecule has 1 fully saturated rings. The largest absolute Gasteiger partial charge is 0.488 e. The minimum absolute atomic E-state index is 0.0843. The third kappa shape index (κ3) is 4.41. The molecule has 1 aliphatic heterocycles. The third-order valence-corrected chi connectivity index (χ3v) is 5.94. The van der Waals surface area contributed by atoms with E-state index < -0.39 is 0 Å². The topological polar surface area (TPSA) is 29.5 Å². The quantitative estimate of drug-likeness (QED) is 0.326. The fraction of sp³-hybridized carbons (Fsp3) is 0.0435. The van der Waals surface area contributed by atoms with Crippen LogP contribution >= 0.6 is 35.6 Å². The van der Waals surface area contributed by atoms with Crippen LogP contribution in [0.4, 0.5) is 10.1 Å². The Kier molecular flexibility index (Phi) is 6.18. The van der Waals surface area contributed by atoms with Crippen LogP contribution in [0, 0.1) is 5.82 Å². The Morgan fingerprint density at radius 3 is 2.63 bits per heavy atom. The van der Waals surface area contributed by atoms with Gasteiger partial charge in [0.1, 0.15) is 18.2 Å². The predicted octanol–water partition coefficient (Wildman–Crippen LogP) is 6.46. The van der Waals surface area contributed by atoms with Crippen LogP contribution in [0.15, 0.2) is 77.7 Å². The number of ether oxygens (including phenoxy) is 1. The second kappa shape index (κ2) is 9.00. The van der Waals surface area contributed by atoms with E-state index in [0.717, 1.165) is 0 Å². The van der Waals surface area contributed by atoms with E-state index in [-0.39, 0.29) is 18.3 Å². The zero-order chi connectivity index (χ0) is 21.1. The van der Waals surface area contributed by atoms with Gasteiger partial charge in [-0.15, -0.1) is 0 Å². The molecule has 4 rings (SSSR count). The van der Waals surface area contributed by atoms with Gasteiger partial charge in [-0.1, -0.05) is 78.0 Å². The van der Waals surface area contributed by atoms with Crippen molar-refractivity contribution in [3.63, 3.8) is 0 Å². The number of thioether (sulfide) groups is 1. The lowest BCUT2D eigenvalue weighted by atomic mass is 10.1. The van der Waals surface area contributed by atoms with Crippen LogP contribution in [0.1, 0.15) is 11.1 Å². The molecule has 0 radical (unpaired) electrons. The summed E-state index contributed by atoms with van der Waals surface area (Å²) in [5.41, 5.74) is 1.79. The van der Waals surface area contributed by atoms with Crippen molar-refractivity contribution >= 4 is 57.6 Å². The number of para-hydroxylation sites is 1. The van der Waals surface area contributed by atoms with Crippen molar-refractivity contribution in [1.29, 1.82) is 0 Å². The van der Waals surface area contributed by atoms with Gasteiger partial charge in [0.15, 0.2) is 4.32 Å². The van der Waals surface area contributed by atoms with Crippen LogP contribution in [-0.2, 0) is 11.4 Å². The highest BCUT2D eigenvalue weighted by molar-refractivity contribution is 8.27. The first-order valence-electron chi connectivity index (χ1n) is 9.02. The average Bonchev–Trinajstić information content (AvgIpc) is 3.01. The number of carbonyl (C=O) groups is 1. The molecule has 0 aromatic heterocycles. The van der Waals surface area contributed by atoms with E-state index >= 15 is 0 Å². The van der Waals surface area contributed by atoms with Crippen molar-refractivity contribution in [1.82, 2.24) is 0 Å². The predicted molar refractivity (Wildman–Crippen MR) is 124 cm³/mol. The Morgan fingerprint density at radius 2 is 1.83 bits per heavy atom. The van der Waals surface area contributed by atoms with Crippen molar-refractivity contribution in [2.45, 2.75) is 6.61 Å². The first kappa shape index (κ1) is 20.6. The Balaban J connectivity index is 1.59. The van der Waals surface area contributed by atoms with Gasteiger partial charge in [0, 0.05) is 16.1 Å². The molecule has 30 heavy (non-hydrogen) atoms. The maximum absolute atomic E-state index is 13.9. The molecule has 150 valence electrons. The number of carbonyl (C=O) groups excluding carboxylic acids is 1. The van der Waals surface area contributed by atoms with Gasteiger partial charge in [-0.25, -0.2) is 4.39 Å². The normalized spacial score (nSPS) is 15.1. The van der Waals surface area contributed by atoms with Crippen LogP contribution in [0.5, 0.6) is 5.75 Å². The highest BCUT2D eigenvalue weighted by atomic mass is 35.5. The third-order valence-electron chi connectivity index (χ3n) is 4.41. The second-order valence-electron chi connectivity index (χ2n) is 6.41. The first-order valence-corrected chi connectivity index (χ1v) is 10.6. The van der Waals surface area contributed by atoms with Crippen molar-refractivity contribution in [3.05, 3.63) is 99.7 Å². The maximum Gasteiger partial charge on any atom is 0.270 e. The molecule has 0 saturated carbocycles. The number of rotatable bonds is 5. The molecule has 0 unspecified atom stereocenters. The fourth-order valence-electron chi connectivity index (χ4n) is 2.95. The summed E-state index contributed by atoms with van der Waals surface area (Å²) in [6, 6.07) is 20.7. The number of nitrogens with zero attached hydrogens (tertiary/aromatic N) is 1. The molecule has 3 aromatic carbocycles. The molecular formula is C23H15ClFNO2S2. The zero-order valence-corrected chi connectivity index (χ0v) is 17.9. The molecule has 0 bridgehead atoms. The van der Waals surface area contributed by atoms with Crippen molar-refractivity contribution in [2.75, 3.05) is 4.90 Å². The monoisotopic (exact) mass is 455 g/mol. The number of halogens is 2. The fourth-order valence-corrected chi connectivity index (χ4v) is 4.42. The van der Waals surface area contributed by atoms with Crippen molar-refractivity contribution < 1.29 is 13.9 Å². The zero-order valence-electron chi connectivity index (χ0n) is 15.5. The number of benzene rings is 3. The maximum atomic E-state index is 13.9. The molecule has 1 heterocycles. The molecule has 1 saturated heterocycles. The molecule has 1 aliphatic rings. The van der Waals surface area contributed by atoms with E-state index in [9.17, 15) is 9.18 Å². The molecule has 7 heteroatoms. The molecule has 0 atom stereocenters. The van der Waals surface area contributed by atoms with Crippen LogP contribution < -0.4 is 9.64 Å². The van der Waals surface area contributed by atoms with Gasteiger partial charge in [-0.2, -0.15) is 0 Å². The van der Waals surface area contributed by atoms with Crippen molar-refractivity contribution in [3.8, 4) is 5.75 Å². The van der Waals surface area contributed by atoms with Gasteiger partial charge in [0.25, 0.3) is 5.91 Å². The lowest BCUT2D eigenvalue weighted by Crippen LogP contribution is -2.27. The highest BCUT2D eigenvalue weighted by Crippen LogP contribution is 2.37. The average molecular weight is 456 g/mol. The van der Waals surface area contributed by atoms with Gasteiger partial charge in [0.2, 0.25) is 0 Å². The van der Waals surface area contributed by atoms with Crippen LogP contribution in [0.25, 0.3) is 6.08 Å². The molecule has 3 nitrogen and oxygen atoms in total. The second-order valence-corrected chi connectivity index (χ2v) is 8.53. The lowest BCUT2D eigenvalue weighted by Gasteiger charge is -2.14. The molecule has 1 amide bonds. The number of hydrogen-bond acceptors (Lipinski definition) is 4. The molecule has 0 N–H and O–H groups in total. The van der Waals surface area contributed by atoms with E-state index in [1.54, 1.807) is 54.6 Å². The summed E-state index contributed by atoms with van der Waals surface area (Å²) in [6.07, 6.45) is 1.74. The number of amides is 1. The summed E-state index contributed by atoms with van der Waals surface area (Å²) in [6.45, 7) is 0.0843. The summed E-state index contributed by atoms with van der Waals surface area (Å²) in [7, 11) is 0. The van der Waals surface area contributed by atoms with Crippen LogP contribution in [0.3, 0.4) is 0 Å². The Bertz CT molecular complexity index is 1170. The summed E-state index contributed by atoms with van der Waals surface area (Å²) in [5.74, 6) is 0.00215. The number of hydrogen-bond donors (Lipinski definition) is 0. The summed E-state index contributed by atoms with van der Waals surface area (Å²) in [5, 5.41) is 0.525. The number of anilines is 1. The Hall–Kier alpha value is -2.67. The summed E-state index contributed by atoms with van der Waals surface area (Å²) < 4.78 is 20.1. The van der Waals surface area contributed by atoms with E-state index in [0.29, 0.717) is 36.8 Å². The number of thiocarbonyl (C=S) groups is 1. The van der Waals surface area contributed by atoms with Gasteiger partial charge in [-0.3, -0.25) is 9.69 Å². The minimum Gasteiger partial charge on any atom is -0.488 e. The van der Waals surface area contributed by atoms with Gasteiger partial charge >= 0.3 is 0 Å². The molecular weight excluding hydrogens is 441 g/mol. The van der Waals surface area contributed by atoms with Crippen molar-refractivity contribution in [2.24, 2.45) is 0 Å². The molecule has 0 spiro atoms. The minimum atomic E-state index is -0.322. The van der Waals surface area contributed by atoms with E-state index in [4.69, 9.17) is 28.6 Å². The smallest absolute Gasteiger partial charge is 0.270 e. The highest BCUT2D eigenvalue weighted by Gasteiger charge is 2.33. The lowest BCUT2D eigenvalue weighted by molar-refractivity contribution is -0.113. The van der Waals surface area contributed by atoms with E-state index in [1.165, 1.54) is 22.7 Å². The summed E-state index contributed by atoms with van der Waals surface area (Å²) in [4.78, 5) is 14.9. The van der Waals surface area contributed by atoms with Gasteiger partial charge < -0.3 is 4.74 Å². The van der Waals surface area contributed by atoms with Gasteiger partial charge in [0.05, 0.1) is 10.6 Å². The Labute approximate surface area is 188 Å². The Morgan fingerprint density at radius 1 is 1.07 bits per heavy atom. The van der Waals surface area contributed by atoms with Crippen LogP contribution in [-0.4, -0.2) is 10.2 Å². The van der Waals surface area contributed by atoms with E-state index in [1.807, 2.05) is 18.2 Å². The van der Waals surface area contributed by atoms with Gasteiger partial charge in [-0.05, 0) is 36.4 Å².